The molecular weight excluding hydrogens is 486 g/mol. The van der Waals surface area contributed by atoms with Gasteiger partial charge in [0.25, 0.3) is 0 Å². The van der Waals surface area contributed by atoms with E-state index in [1.54, 1.807) is 12.1 Å². The summed E-state index contributed by atoms with van der Waals surface area (Å²) in [7, 11) is 0. The van der Waals surface area contributed by atoms with Gasteiger partial charge in [-0.05, 0) is 74.3 Å². The summed E-state index contributed by atoms with van der Waals surface area (Å²) in [5.41, 5.74) is 2.69. The number of aliphatic hydroxyl groups excluding tert-OH is 1. The first-order valence-corrected chi connectivity index (χ1v) is 13.5. The van der Waals surface area contributed by atoms with E-state index in [0.29, 0.717) is 17.4 Å². The van der Waals surface area contributed by atoms with Crippen LogP contribution in [0, 0.1) is 0 Å². The molecule has 1 aromatic heterocycles. The van der Waals surface area contributed by atoms with E-state index < -0.39 is 0 Å². The first-order chi connectivity index (χ1) is 18.2. The van der Waals surface area contributed by atoms with Gasteiger partial charge in [0.05, 0.1) is 24.8 Å². The van der Waals surface area contributed by atoms with Gasteiger partial charge in [-0.25, -0.2) is 4.98 Å². The molecule has 0 saturated carbocycles. The van der Waals surface area contributed by atoms with Crippen molar-refractivity contribution in [1.29, 1.82) is 0 Å². The van der Waals surface area contributed by atoms with Crippen molar-refractivity contribution in [3.05, 3.63) is 89.2 Å². The topological polar surface area (TPSA) is 59.8 Å². The summed E-state index contributed by atoms with van der Waals surface area (Å²) in [5.74, 6) is 2.18. The lowest BCUT2D eigenvalue weighted by atomic mass is 10.1. The highest BCUT2D eigenvalue weighted by Crippen LogP contribution is 2.32. The fraction of sp³-hybridized carbons (Fsp3) is 0.367. The number of aliphatic hydroxyl groups is 1. The van der Waals surface area contributed by atoms with Crippen molar-refractivity contribution in [2.75, 3.05) is 32.8 Å². The molecule has 194 valence electrons. The zero-order valence-electron chi connectivity index (χ0n) is 21.1. The predicted molar refractivity (Wildman–Crippen MR) is 148 cm³/mol. The Hall–Kier alpha value is -3.06. The number of fused-ring (bicyclic) bond motifs is 1. The van der Waals surface area contributed by atoms with E-state index in [-0.39, 0.29) is 19.3 Å². The van der Waals surface area contributed by atoms with Crippen LogP contribution in [-0.4, -0.2) is 52.4 Å². The Morgan fingerprint density at radius 3 is 2.43 bits per heavy atom. The van der Waals surface area contributed by atoms with E-state index in [1.165, 1.54) is 32.4 Å². The quantitative estimate of drug-likeness (QED) is 0.242. The lowest BCUT2D eigenvalue weighted by molar-refractivity contribution is 0.205. The zero-order valence-corrected chi connectivity index (χ0v) is 21.8. The maximum atomic E-state index is 10.5. The highest BCUT2D eigenvalue weighted by Gasteiger charge is 2.22. The average Bonchev–Trinajstić information content (AvgIpc) is 3.31. The summed E-state index contributed by atoms with van der Waals surface area (Å²) in [5, 5.41) is 11.1. The Kier molecular flexibility index (Phi) is 8.61. The Bertz CT molecular complexity index is 1270. The Morgan fingerprint density at radius 1 is 0.892 bits per heavy atom. The van der Waals surface area contributed by atoms with Gasteiger partial charge in [0.15, 0.2) is 0 Å². The van der Waals surface area contributed by atoms with Crippen molar-refractivity contribution in [1.82, 2.24) is 14.5 Å². The molecule has 1 N–H and O–H groups in total. The van der Waals surface area contributed by atoms with E-state index in [9.17, 15) is 5.11 Å². The number of nitrogens with zero attached hydrogens (tertiary/aromatic N) is 3. The summed E-state index contributed by atoms with van der Waals surface area (Å²) >= 11 is 6.03. The summed E-state index contributed by atoms with van der Waals surface area (Å²) in [6.45, 7) is 4.27. The molecule has 2 heterocycles. The number of benzene rings is 3. The van der Waals surface area contributed by atoms with E-state index >= 15 is 0 Å². The van der Waals surface area contributed by atoms with Crippen LogP contribution in [-0.2, 0) is 6.61 Å². The molecular formula is C30H34ClN3O3. The Morgan fingerprint density at radius 2 is 1.68 bits per heavy atom. The second-order valence-electron chi connectivity index (χ2n) is 9.48. The number of para-hydroxylation sites is 1. The number of halogens is 1. The largest absolute Gasteiger partial charge is 0.491 e. The highest BCUT2D eigenvalue weighted by atomic mass is 35.5. The van der Waals surface area contributed by atoms with Crippen LogP contribution in [0.25, 0.3) is 11.0 Å². The first kappa shape index (κ1) is 25.6. The number of imidazole rings is 1. The van der Waals surface area contributed by atoms with Crippen molar-refractivity contribution in [3.63, 3.8) is 0 Å². The number of hydrogen-bond acceptors (Lipinski definition) is 5. The number of likely N-dealkylation sites (tertiary alicyclic amines) is 1. The molecule has 6 nitrogen and oxygen atoms in total. The molecule has 0 aliphatic carbocycles. The molecule has 37 heavy (non-hydrogen) atoms. The summed E-state index contributed by atoms with van der Waals surface area (Å²) < 4.78 is 14.4. The normalized spacial score (nSPS) is 15.1. The highest BCUT2D eigenvalue weighted by molar-refractivity contribution is 6.30. The van der Waals surface area contributed by atoms with Gasteiger partial charge in [0.1, 0.15) is 29.4 Å². The Balaban J connectivity index is 1.41. The van der Waals surface area contributed by atoms with Crippen LogP contribution < -0.4 is 9.47 Å². The van der Waals surface area contributed by atoms with Crippen LogP contribution in [0.15, 0.2) is 72.8 Å². The summed E-state index contributed by atoms with van der Waals surface area (Å²) in [6.07, 6.45) is 4.92. The average molecular weight is 520 g/mol. The lowest BCUT2D eigenvalue weighted by Gasteiger charge is -2.26. The van der Waals surface area contributed by atoms with E-state index in [1.807, 2.05) is 60.7 Å². The van der Waals surface area contributed by atoms with Gasteiger partial charge in [-0.2, -0.15) is 0 Å². The van der Waals surface area contributed by atoms with Crippen LogP contribution in [0.3, 0.4) is 0 Å². The third kappa shape index (κ3) is 6.27. The number of aromatic nitrogens is 2. The first-order valence-electron chi connectivity index (χ1n) is 13.1. The number of rotatable bonds is 11. The van der Waals surface area contributed by atoms with E-state index in [4.69, 9.17) is 26.1 Å². The van der Waals surface area contributed by atoms with Crippen LogP contribution >= 0.6 is 11.6 Å². The van der Waals surface area contributed by atoms with E-state index in [0.717, 1.165) is 41.1 Å². The standard InChI is InChI=1S/C30H34ClN3O3/c31-24-13-15-25(16-14-24)37-22-29-32-30-26(34(29)27(21-35)23-9-3-1-4-10-23)11-7-12-28(30)36-20-8-19-33-17-5-2-6-18-33/h1,3-4,7,9-16,27,35H,2,5-6,8,17-22H2. The lowest BCUT2D eigenvalue weighted by Crippen LogP contribution is -2.31. The molecule has 0 bridgehead atoms. The van der Waals surface area contributed by atoms with Gasteiger partial charge in [-0.1, -0.05) is 54.4 Å². The van der Waals surface area contributed by atoms with Crippen LogP contribution in [0.2, 0.25) is 5.02 Å². The predicted octanol–water partition coefficient (Wildman–Crippen LogP) is 6.11. The minimum atomic E-state index is -0.302. The molecule has 1 aliphatic rings. The van der Waals surface area contributed by atoms with Gasteiger partial charge in [-0.15, -0.1) is 0 Å². The maximum Gasteiger partial charge on any atom is 0.148 e. The zero-order chi connectivity index (χ0) is 25.5. The van der Waals surface area contributed by atoms with Gasteiger partial charge in [0, 0.05) is 11.6 Å². The summed E-state index contributed by atoms with van der Waals surface area (Å²) in [4.78, 5) is 7.50. The molecule has 1 saturated heterocycles. The molecule has 0 radical (unpaired) electrons. The molecule has 1 fully saturated rings. The third-order valence-electron chi connectivity index (χ3n) is 6.93. The fourth-order valence-electron chi connectivity index (χ4n) is 5.05. The Labute approximate surface area is 223 Å². The molecule has 1 atom stereocenters. The monoisotopic (exact) mass is 519 g/mol. The number of hydrogen-bond donors (Lipinski definition) is 1. The van der Waals surface area contributed by atoms with Crippen molar-refractivity contribution >= 4 is 22.6 Å². The molecule has 0 amide bonds. The third-order valence-corrected chi connectivity index (χ3v) is 7.18. The smallest absolute Gasteiger partial charge is 0.148 e. The number of piperidine rings is 1. The van der Waals surface area contributed by atoms with Gasteiger partial charge in [-0.3, -0.25) is 0 Å². The second kappa shape index (κ2) is 12.5. The van der Waals surface area contributed by atoms with Gasteiger partial charge in [0.2, 0.25) is 0 Å². The van der Waals surface area contributed by atoms with Gasteiger partial charge >= 0.3 is 0 Å². The van der Waals surface area contributed by atoms with Crippen LogP contribution in [0.5, 0.6) is 11.5 Å². The van der Waals surface area contributed by atoms with Crippen LogP contribution in [0.1, 0.15) is 43.1 Å². The SMILES string of the molecule is OCC(c1ccccc1)n1c(COc2ccc(Cl)cc2)nc2c(OCCCN3CCCCC3)cccc21. The van der Waals surface area contributed by atoms with E-state index in [2.05, 4.69) is 9.47 Å². The molecule has 7 heteroatoms. The molecule has 1 unspecified atom stereocenters. The van der Waals surface area contributed by atoms with Crippen molar-refractivity contribution in [2.24, 2.45) is 0 Å². The number of ether oxygens (including phenoxy) is 2. The van der Waals surface area contributed by atoms with Gasteiger partial charge < -0.3 is 24.0 Å². The second-order valence-corrected chi connectivity index (χ2v) is 9.91. The molecule has 1 aliphatic heterocycles. The summed E-state index contributed by atoms with van der Waals surface area (Å²) in [6, 6.07) is 23.0. The molecule has 0 spiro atoms. The molecule has 4 aromatic rings. The molecule has 3 aromatic carbocycles. The van der Waals surface area contributed by atoms with Crippen molar-refractivity contribution in [2.45, 2.75) is 38.3 Å². The van der Waals surface area contributed by atoms with Crippen molar-refractivity contribution < 1.29 is 14.6 Å². The van der Waals surface area contributed by atoms with Crippen molar-refractivity contribution in [3.8, 4) is 11.5 Å². The molecule has 5 rings (SSSR count). The minimum absolute atomic E-state index is 0.0651. The van der Waals surface area contributed by atoms with Crippen LogP contribution in [0.4, 0.5) is 0 Å². The maximum absolute atomic E-state index is 10.5. The minimum Gasteiger partial charge on any atom is -0.491 e. The fourth-order valence-corrected chi connectivity index (χ4v) is 5.17.